The van der Waals surface area contributed by atoms with E-state index >= 15 is 0 Å². The summed E-state index contributed by atoms with van der Waals surface area (Å²) in [5.74, 6) is -0.547. The highest BCUT2D eigenvalue weighted by Gasteiger charge is 2.61. The molecule has 1 aromatic carbocycles. The van der Waals surface area contributed by atoms with Gasteiger partial charge in [0.25, 0.3) is 5.91 Å². The number of benzene rings is 1. The molecule has 4 heterocycles. The first kappa shape index (κ1) is 35.8. The largest absolute Gasteiger partial charge is 0.496 e. The van der Waals surface area contributed by atoms with Gasteiger partial charge in [0, 0.05) is 47.4 Å². The number of fused-ring (bicyclic) bond motifs is 3. The van der Waals surface area contributed by atoms with E-state index in [1.165, 1.54) is 11.3 Å². The van der Waals surface area contributed by atoms with Gasteiger partial charge in [-0.15, -0.1) is 11.3 Å². The lowest BCUT2D eigenvalue weighted by Crippen LogP contribution is -2.57. The van der Waals surface area contributed by atoms with Crippen LogP contribution >= 0.6 is 11.3 Å². The topological polar surface area (TPSA) is 157 Å². The van der Waals surface area contributed by atoms with Crippen molar-refractivity contribution in [2.45, 2.75) is 101 Å². The zero-order valence-corrected chi connectivity index (χ0v) is 30.6. The van der Waals surface area contributed by atoms with E-state index in [0.29, 0.717) is 42.0 Å². The van der Waals surface area contributed by atoms with Crippen LogP contribution in [0, 0.1) is 12.8 Å². The number of amides is 3. The van der Waals surface area contributed by atoms with Crippen molar-refractivity contribution in [2.24, 2.45) is 5.92 Å². The zero-order valence-electron chi connectivity index (χ0n) is 28.9. The molecule has 2 aliphatic heterocycles. The van der Waals surface area contributed by atoms with E-state index in [0.717, 1.165) is 41.6 Å². The third-order valence-corrected chi connectivity index (χ3v) is 12.8. The van der Waals surface area contributed by atoms with Gasteiger partial charge in [-0.1, -0.05) is 31.9 Å². The second-order valence-corrected chi connectivity index (χ2v) is 16.5. The Morgan fingerprint density at radius 3 is 2.74 bits per heavy atom. The minimum atomic E-state index is -3.95. The molecule has 0 radical (unpaired) electrons. The van der Waals surface area contributed by atoms with Crippen LogP contribution in [0.15, 0.2) is 41.9 Å². The van der Waals surface area contributed by atoms with Crippen molar-refractivity contribution < 1.29 is 32.3 Å². The van der Waals surface area contributed by atoms with Gasteiger partial charge in [-0.2, -0.15) is 0 Å². The first-order chi connectivity index (χ1) is 24.0. The Kier molecular flexibility index (Phi) is 10.5. The molecule has 0 spiro atoms. The van der Waals surface area contributed by atoms with Gasteiger partial charge in [0.2, 0.25) is 21.8 Å². The highest BCUT2D eigenvalue weighted by Crippen LogP contribution is 2.46. The van der Waals surface area contributed by atoms with Gasteiger partial charge in [-0.3, -0.25) is 19.1 Å². The van der Waals surface area contributed by atoms with Crippen LogP contribution in [0.5, 0.6) is 11.5 Å². The average molecular weight is 724 g/mol. The van der Waals surface area contributed by atoms with Gasteiger partial charge in [-0.25, -0.2) is 18.4 Å². The lowest BCUT2D eigenvalue weighted by molar-refractivity contribution is -0.139. The number of methoxy groups -OCH3 is 1. The van der Waals surface area contributed by atoms with E-state index in [4.69, 9.17) is 14.5 Å². The monoisotopic (exact) mass is 723 g/mol. The molecule has 2 fully saturated rings. The number of rotatable bonds is 8. The number of ether oxygens (including phenoxy) is 2. The number of thiazole rings is 1. The lowest BCUT2D eigenvalue weighted by atomic mass is 10.1. The lowest BCUT2D eigenvalue weighted by Gasteiger charge is -2.26. The Labute approximate surface area is 297 Å². The highest BCUT2D eigenvalue weighted by molar-refractivity contribution is 7.90. The second-order valence-electron chi connectivity index (χ2n) is 13.5. The Bertz CT molecular complexity index is 1900. The number of allylic oxidation sites excluding steroid dienone is 1. The number of pyridine rings is 1. The van der Waals surface area contributed by atoms with Gasteiger partial charge in [0.05, 0.1) is 24.4 Å². The Morgan fingerprint density at radius 1 is 1.20 bits per heavy atom. The van der Waals surface area contributed by atoms with Crippen LogP contribution in [-0.4, -0.2) is 77.6 Å². The summed E-state index contributed by atoms with van der Waals surface area (Å²) in [5.41, 5.74) is 0.743. The van der Waals surface area contributed by atoms with E-state index in [2.05, 4.69) is 15.0 Å². The molecule has 268 valence electrons. The zero-order chi connectivity index (χ0) is 35.6. The molecule has 14 heteroatoms. The molecule has 1 saturated heterocycles. The molecule has 3 aliphatic rings. The normalized spacial score (nSPS) is 25.8. The maximum absolute atomic E-state index is 14.2. The van der Waals surface area contributed by atoms with Crippen LogP contribution in [0.25, 0.3) is 21.6 Å². The van der Waals surface area contributed by atoms with Crippen molar-refractivity contribution in [2.75, 3.05) is 13.7 Å². The summed E-state index contributed by atoms with van der Waals surface area (Å²) in [4.78, 5) is 52.4. The number of aromatic nitrogens is 2. The molecular formula is C36H45N5O7S2. The average Bonchev–Trinajstić information content (AvgIpc) is 3.41. The van der Waals surface area contributed by atoms with Crippen LogP contribution in [0.2, 0.25) is 0 Å². The highest BCUT2D eigenvalue weighted by atomic mass is 32.2. The molecule has 1 saturated carbocycles. The van der Waals surface area contributed by atoms with Crippen molar-refractivity contribution in [3.63, 3.8) is 0 Å². The molecule has 2 N–H and O–H groups in total. The molecular weight excluding hydrogens is 679 g/mol. The van der Waals surface area contributed by atoms with E-state index in [9.17, 15) is 22.8 Å². The molecule has 2 aromatic heterocycles. The minimum Gasteiger partial charge on any atom is -0.496 e. The molecule has 50 heavy (non-hydrogen) atoms. The number of nitrogens with one attached hydrogen (secondary N) is 2. The molecule has 6 rings (SSSR count). The molecule has 5 atom stereocenters. The maximum Gasteiger partial charge on any atom is 0.259 e. The van der Waals surface area contributed by atoms with Crippen LogP contribution in [-0.2, 0) is 24.4 Å². The van der Waals surface area contributed by atoms with E-state index < -0.39 is 44.8 Å². The summed E-state index contributed by atoms with van der Waals surface area (Å²) in [7, 11) is -2.34. The van der Waals surface area contributed by atoms with Crippen molar-refractivity contribution in [3.05, 3.63) is 47.5 Å². The van der Waals surface area contributed by atoms with Gasteiger partial charge < -0.3 is 19.7 Å². The molecule has 0 bridgehead atoms. The second kappa shape index (κ2) is 14.7. The summed E-state index contributed by atoms with van der Waals surface area (Å²) in [6.07, 6.45) is 10.4. The Balaban J connectivity index is 1.31. The minimum absolute atomic E-state index is 0.155. The predicted octanol–water partition coefficient (Wildman–Crippen LogP) is 5.05. The number of carbonyl (C=O) groups excluding carboxylic acids is 3. The standard InChI is InChI=1S/C36H45N5O7S2/c1-5-22(2)50(45,46)40-35(44)36-20-24(36)12-10-8-6-7-9-11-13-31(42)41-21-25(18-28(41)33(43)39-36)48-30-19-27(34-37-16-17-49-34)38-32-23(3)29(47-4)15-14-26(30)32/h10,12,14-17,19,22,24-25,28H,5-9,11,13,18,20-21H2,1-4H3,(H,39,43)(H,40,44)/b12-10-/t22?,24-,25-,28+,36-/m1/s1. The molecule has 3 amide bonds. The van der Waals surface area contributed by atoms with Gasteiger partial charge in [0.15, 0.2) is 0 Å². The van der Waals surface area contributed by atoms with Crippen LogP contribution in [0.4, 0.5) is 0 Å². The fourth-order valence-electron chi connectivity index (χ4n) is 6.87. The number of hydrogen-bond acceptors (Lipinski definition) is 10. The SMILES string of the molecule is CCC(C)S(=O)(=O)NC(=O)[C@@]12C[C@H]1/C=C\CCCCCCC(=O)N1C[C@H](Oc3cc(-c4nccs4)nc4c(C)c(OC)ccc34)C[C@H]1C(=O)N2. The fraction of sp³-hybridized carbons (Fsp3) is 0.528. The first-order valence-electron chi connectivity index (χ1n) is 17.4. The third-order valence-electron chi connectivity index (χ3n) is 10.2. The number of aryl methyl sites for hydroxylation is 1. The van der Waals surface area contributed by atoms with Gasteiger partial charge in [0.1, 0.15) is 39.9 Å². The predicted molar refractivity (Wildman–Crippen MR) is 191 cm³/mol. The van der Waals surface area contributed by atoms with Crippen LogP contribution in [0.3, 0.4) is 0 Å². The summed E-state index contributed by atoms with van der Waals surface area (Å²) >= 11 is 1.46. The summed E-state index contributed by atoms with van der Waals surface area (Å²) in [5, 5.41) is 5.50. The maximum atomic E-state index is 14.2. The van der Waals surface area contributed by atoms with Gasteiger partial charge >= 0.3 is 0 Å². The quantitative estimate of drug-likeness (QED) is 0.304. The number of sulfonamides is 1. The van der Waals surface area contributed by atoms with Crippen LogP contribution in [0.1, 0.15) is 77.2 Å². The van der Waals surface area contributed by atoms with Crippen molar-refractivity contribution in [1.82, 2.24) is 24.9 Å². The summed E-state index contributed by atoms with van der Waals surface area (Å²) in [6.45, 7) is 5.38. The van der Waals surface area contributed by atoms with E-state index in [-0.39, 0.29) is 31.2 Å². The summed E-state index contributed by atoms with van der Waals surface area (Å²) in [6, 6.07) is 4.67. The van der Waals surface area contributed by atoms with E-state index in [1.54, 1.807) is 32.1 Å². The van der Waals surface area contributed by atoms with Crippen molar-refractivity contribution in [1.29, 1.82) is 0 Å². The summed E-state index contributed by atoms with van der Waals surface area (Å²) < 4.78 is 40.3. The number of carbonyl (C=O) groups is 3. The molecule has 12 nitrogen and oxygen atoms in total. The first-order valence-corrected chi connectivity index (χ1v) is 19.8. The molecule has 1 unspecified atom stereocenters. The smallest absolute Gasteiger partial charge is 0.259 e. The van der Waals surface area contributed by atoms with Crippen molar-refractivity contribution >= 4 is 50.0 Å². The fourth-order valence-corrected chi connectivity index (χ4v) is 8.54. The molecule has 1 aliphatic carbocycles. The van der Waals surface area contributed by atoms with Gasteiger partial charge in [-0.05, 0) is 58.1 Å². The van der Waals surface area contributed by atoms with Crippen LogP contribution < -0.4 is 19.5 Å². The number of hydrogen-bond donors (Lipinski definition) is 2. The Hall–Kier alpha value is -4.04. The third kappa shape index (κ3) is 7.23. The Morgan fingerprint density at radius 2 is 2.00 bits per heavy atom. The molecule has 3 aromatic rings. The van der Waals surface area contributed by atoms with Crippen molar-refractivity contribution in [3.8, 4) is 22.2 Å². The van der Waals surface area contributed by atoms with E-state index in [1.807, 2.05) is 42.7 Å². The number of nitrogens with zero attached hydrogens (tertiary/aromatic N) is 3.